The second kappa shape index (κ2) is 1.85. The topological polar surface area (TPSA) is 23.9 Å². The molecule has 0 aromatic rings. The van der Waals surface area contributed by atoms with Crippen LogP contribution in [-0.4, -0.2) is 5.71 Å². The fraction of sp³-hybridized carbons (Fsp3) is 0.333. The minimum Gasteiger partial charge on any atom is -0.303 e. The van der Waals surface area contributed by atoms with Gasteiger partial charge in [0, 0.05) is 0 Å². The highest BCUT2D eigenvalue weighted by Crippen LogP contribution is 2.01. The van der Waals surface area contributed by atoms with Gasteiger partial charge in [-0.2, -0.15) is 8.78 Å². The van der Waals surface area contributed by atoms with Crippen LogP contribution in [0, 0.1) is 11.8 Å². The van der Waals surface area contributed by atoms with E-state index in [1.807, 2.05) is 0 Å². The van der Waals surface area contributed by atoms with Gasteiger partial charge in [0.05, 0.1) is 5.71 Å². The summed E-state index contributed by atoms with van der Waals surface area (Å²) >= 11 is 0. The largest absolute Gasteiger partial charge is 0.352 e. The molecule has 0 spiro atoms. The average Bonchev–Trinajstić information content (AvgIpc) is 1.36. The molecule has 0 rings (SSSR count). The molecule has 0 heterocycles. The first kappa shape index (κ1) is 5.53. The van der Waals surface area contributed by atoms with Crippen molar-refractivity contribution in [3.05, 3.63) is 6.43 Å². The maximum Gasteiger partial charge on any atom is 0.352 e. The van der Waals surface area contributed by atoms with E-state index in [0.29, 0.717) is 0 Å². The molecule has 0 fully saturated rings. The molecule has 0 aromatic heterocycles. The van der Waals surface area contributed by atoms with Crippen molar-refractivity contribution < 1.29 is 8.78 Å². The highest BCUT2D eigenvalue weighted by Gasteiger charge is 2.04. The summed E-state index contributed by atoms with van der Waals surface area (Å²) in [5.41, 5.74) is -0.657. The zero-order chi connectivity index (χ0) is 5.15. The van der Waals surface area contributed by atoms with Gasteiger partial charge in [-0.3, -0.25) is 0 Å². The minimum atomic E-state index is -1.91. The summed E-state index contributed by atoms with van der Waals surface area (Å²) in [6.45, 7) is 1.04. The van der Waals surface area contributed by atoms with Gasteiger partial charge in [0.2, 0.25) is 0 Å². The molecule has 1 nitrogen and oxygen atoms in total. The smallest absolute Gasteiger partial charge is 0.303 e. The lowest BCUT2D eigenvalue weighted by Gasteiger charge is -1.83. The van der Waals surface area contributed by atoms with E-state index in [-0.39, 0.29) is 0 Å². The Hall–Kier alpha value is -0.470. The number of hydrogen-bond acceptors (Lipinski definition) is 1. The first-order chi connectivity index (χ1) is 2.64. The summed E-state index contributed by atoms with van der Waals surface area (Å²) in [7, 11) is 0. The highest BCUT2D eigenvalue weighted by molar-refractivity contribution is 5.88. The summed E-state index contributed by atoms with van der Waals surface area (Å²) in [4.78, 5) is 0. The standard InChI is InChI=1S/C3H4F2N/c1-2(6)3(4)5/h6H,1H3. The molecule has 3 heteroatoms. The second-order valence-corrected chi connectivity index (χ2v) is 0.885. The van der Waals surface area contributed by atoms with Gasteiger partial charge in [0.15, 0.2) is 0 Å². The quantitative estimate of drug-likeness (QED) is 0.473. The first-order valence-corrected chi connectivity index (χ1v) is 1.38. The molecule has 0 aliphatic carbocycles. The Labute approximate surface area is 34.5 Å². The fourth-order valence-corrected chi connectivity index (χ4v) is 0. The molecular formula is C3H4F2N. The monoisotopic (exact) mass is 92.0 g/mol. The van der Waals surface area contributed by atoms with Crippen molar-refractivity contribution in [1.29, 1.82) is 5.41 Å². The van der Waals surface area contributed by atoms with Crippen LogP contribution in [0.5, 0.6) is 0 Å². The Balaban J connectivity index is 3.26. The van der Waals surface area contributed by atoms with E-state index in [0.717, 1.165) is 6.92 Å². The van der Waals surface area contributed by atoms with Crippen molar-refractivity contribution in [2.24, 2.45) is 0 Å². The highest BCUT2D eigenvalue weighted by atomic mass is 19.3. The lowest BCUT2D eigenvalue weighted by Crippen LogP contribution is -1.90. The molecule has 6 heavy (non-hydrogen) atoms. The Morgan fingerprint density at radius 2 is 1.67 bits per heavy atom. The van der Waals surface area contributed by atoms with E-state index in [4.69, 9.17) is 5.41 Å². The summed E-state index contributed by atoms with van der Waals surface area (Å²) in [6, 6.07) is 0. The zero-order valence-corrected chi connectivity index (χ0v) is 3.26. The molecule has 0 atom stereocenters. The number of rotatable bonds is 1. The van der Waals surface area contributed by atoms with Gasteiger partial charge in [-0.15, -0.1) is 0 Å². The lowest BCUT2D eigenvalue weighted by atomic mass is 10.5. The molecule has 0 aliphatic rings. The van der Waals surface area contributed by atoms with Crippen LogP contribution in [0.4, 0.5) is 8.78 Å². The van der Waals surface area contributed by atoms with E-state index in [9.17, 15) is 8.78 Å². The molecule has 1 radical (unpaired) electrons. The first-order valence-electron chi connectivity index (χ1n) is 1.38. The van der Waals surface area contributed by atoms with Crippen molar-refractivity contribution >= 4 is 5.71 Å². The Morgan fingerprint density at radius 1 is 1.50 bits per heavy atom. The molecule has 0 amide bonds. The lowest BCUT2D eigenvalue weighted by molar-refractivity contribution is 0.350. The Morgan fingerprint density at radius 3 is 1.67 bits per heavy atom. The predicted octanol–water partition coefficient (Wildman–Crippen LogP) is 1.45. The van der Waals surface area contributed by atoms with Crippen molar-refractivity contribution in [2.75, 3.05) is 0 Å². The van der Waals surface area contributed by atoms with Gasteiger partial charge in [-0.05, 0) is 6.92 Å². The molecule has 0 unspecified atom stereocenters. The van der Waals surface area contributed by atoms with Gasteiger partial charge in [-0.1, -0.05) is 0 Å². The molecule has 1 N–H and O–H groups in total. The molecule has 0 aliphatic heterocycles. The van der Waals surface area contributed by atoms with Gasteiger partial charge >= 0.3 is 6.43 Å². The van der Waals surface area contributed by atoms with Crippen LogP contribution >= 0.6 is 0 Å². The third-order valence-electron chi connectivity index (χ3n) is 0.283. The van der Waals surface area contributed by atoms with Crippen molar-refractivity contribution in [1.82, 2.24) is 0 Å². The van der Waals surface area contributed by atoms with E-state index in [1.54, 1.807) is 0 Å². The third-order valence-corrected chi connectivity index (χ3v) is 0.283. The van der Waals surface area contributed by atoms with Crippen LogP contribution in [0.15, 0.2) is 0 Å². The van der Waals surface area contributed by atoms with Crippen LogP contribution in [-0.2, 0) is 0 Å². The SMILES string of the molecule is CC(=N)[C](F)F. The van der Waals surface area contributed by atoms with Crippen LogP contribution in [0.2, 0.25) is 0 Å². The molecule has 0 saturated carbocycles. The van der Waals surface area contributed by atoms with E-state index >= 15 is 0 Å². The van der Waals surface area contributed by atoms with Gasteiger partial charge < -0.3 is 5.41 Å². The van der Waals surface area contributed by atoms with E-state index < -0.39 is 12.1 Å². The maximum atomic E-state index is 10.8. The zero-order valence-electron chi connectivity index (χ0n) is 3.26. The van der Waals surface area contributed by atoms with Crippen LogP contribution in [0.25, 0.3) is 0 Å². The fourth-order valence-electron chi connectivity index (χ4n) is 0. The Kier molecular flexibility index (Phi) is 1.70. The van der Waals surface area contributed by atoms with Crippen molar-refractivity contribution in [3.8, 4) is 0 Å². The summed E-state index contributed by atoms with van der Waals surface area (Å²) in [5, 5.41) is 6.16. The molecule has 0 aromatic carbocycles. The third kappa shape index (κ3) is 1.81. The normalized spacial score (nSPS) is 9.33. The summed E-state index contributed by atoms with van der Waals surface area (Å²) < 4.78 is 21.7. The molecule has 35 valence electrons. The average molecular weight is 92.1 g/mol. The van der Waals surface area contributed by atoms with E-state index in [1.165, 1.54) is 0 Å². The van der Waals surface area contributed by atoms with Crippen molar-refractivity contribution in [2.45, 2.75) is 6.92 Å². The number of halogens is 2. The van der Waals surface area contributed by atoms with Crippen LogP contribution in [0.3, 0.4) is 0 Å². The van der Waals surface area contributed by atoms with Gasteiger partial charge in [0.1, 0.15) is 0 Å². The summed E-state index contributed by atoms with van der Waals surface area (Å²) in [5.74, 6) is 0. The van der Waals surface area contributed by atoms with Crippen LogP contribution < -0.4 is 0 Å². The van der Waals surface area contributed by atoms with Crippen LogP contribution in [0.1, 0.15) is 6.92 Å². The van der Waals surface area contributed by atoms with Gasteiger partial charge in [0.25, 0.3) is 0 Å². The van der Waals surface area contributed by atoms with Crippen molar-refractivity contribution in [3.63, 3.8) is 0 Å². The second-order valence-electron chi connectivity index (χ2n) is 0.885. The summed E-state index contributed by atoms with van der Waals surface area (Å²) in [6.07, 6.45) is -1.91. The minimum absolute atomic E-state index is 0.657. The number of hydrogen-bond donors (Lipinski definition) is 1. The molecular weight excluding hydrogens is 88.0 g/mol. The predicted molar refractivity (Wildman–Crippen MR) is 18.9 cm³/mol. The van der Waals surface area contributed by atoms with E-state index in [2.05, 4.69) is 0 Å². The molecule has 0 bridgehead atoms. The van der Waals surface area contributed by atoms with Gasteiger partial charge in [-0.25, -0.2) is 0 Å². The number of nitrogens with one attached hydrogen (secondary N) is 1. The Bertz CT molecular complexity index is 59.8. The maximum absolute atomic E-state index is 10.8. The molecule has 0 saturated heterocycles.